The van der Waals surface area contributed by atoms with Crippen molar-refractivity contribution in [2.75, 3.05) is 38.1 Å². The largest absolute Gasteiger partial charge is 0.496 e. The lowest BCUT2D eigenvalue weighted by Gasteiger charge is -2.18. The Balaban J connectivity index is 1.85. The molecule has 0 radical (unpaired) electrons. The Morgan fingerprint density at radius 1 is 1.04 bits per heavy atom. The molecule has 0 saturated carbocycles. The number of halogens is 1. The number of benzene rings is 2. The van der Waals surface area contributed by atoms with E-state index in [0.29, 0.717) is 46.6 Å². The molecule has 148 valence electrons. The van der Waals surface area contributed by atoms with Crippen LogP contribution in [0.3, 0.4) is 0 Å². The topological polar surface area (TPSA) is 77.1 Å². The average molecular weight is 405 g/mol. The van der Waals surface area contributed by atoms with E-state index in [9.17, 15) is 9.59 Å². The molecule has 0 aliphatic carbocycles. The van der Waals surface area contributed by atoms with E-state index in [0.717, 1.165) is 6.42 Å². The number of carbonyl (C=O) groups is 2. The van der Waals surface area contributed by atoms with E-state index in [4.69, 9.17) is 25.8 Å². The van der Waals surface area contributed by atoms with Crippen molar-refractivity contribution in [3.63, 3.8) is 0 Å². The lowest BCUT2D eigenvalue weighted by atomic mass is 10.1. The molecular weight excluding hydrogens is 384 g/mol. The fourth-order valence-electron chi connectivity index (χ4n) is 3.11. The number of nitrogens with one attached hydrogen (secondary N) is 1. The average Bonchev–Trinajstić information content (AvgIpc) is 3.12. The Morgan fingerprint density at radius 3 is 2.29 bits per heavy atom. The highest BCUT2D eigenvalue weighted by molar-refractivity contribution is 6.34. The molecule has 7 nitrogen and oxygen atoms in total. The van der Waals surface area contributed by atoms with Crippen molar-refractivity contribution >= 4 is 34.8 Å². The molecule has 1 saturated heterocycles. The normalized spacial score (nSPS) is 13.4. The second kappa shape index (κ2) is 8.39. The number of ether oxygens (including phenoxy) is 3. The highest BCUT2D eigenvalue weighted by Crippen LogP contribution is 2.36. The summed E-state index contributed by atoms with van der Waals surface area (Å²) < 4.78 is 15.8. The van der Waals surface area contributed by atoms with Crippen LogP contribution in [0, 0.1) is 0 Å². The van der Waals surface area contributed by atoms with Gasteiger partial charge in [0.25, 0.3) is 5.91 Å². The number of rotatable bonds is 6. The summed E-state index contributed by atoms with van der Waals surface area (Å²) in [4.78, 5) is 26.3. The molecule has 0 unspecified atom stereocenters. The van der Waals surface area contributed by atoms with Crippen molar-refractivity contribution in [1.29, 1.82) is 0 Å². The van der Waals surface area contributed by atoms with Gasteiger partial charge in [0.1, 0.15) is 5.75 Å². The Labute approximate surface area is 168 Å². The number of methoxy groups -OCH3 is 3. The van der Waals surface area contributed by atoms with Crippen molar-refractivity contribution in [2.45, 2.75) is 12.8 Å². The van der Waals surface area contributed by atoms with Crippen LogP contribution in [0.15, 0.2) is 30.3 Å². The van der Waals surface area contributed by atoms with Gasteiger partial charge in [-0.15, -0.1) is 0 Å². The summed E-state index contributed by atoms with van der Waals surface area (Å²) in [5.74, 6) is 0.876. The van der Waals surface area contributed by atoms with Gasteiger partial charge in [-0.2, -0.15) is 0 Å². The molecule has 0 aromatic heterocycles. The quantitative estimate of drug-likeness (QED) is 0.793. The van der Waals surface area contributed by atoms with E-state index in [1.54, 1.807) is 35.2 Å². The summed E-state index contributed by atoms with van der Waals surface area (Å²) >= 11 is 6.34. The minimum Gasteiger partial charge on any atom is -0.496 e. The fourth-order valence-corrected chi connectivity index (χ4v) is 3.39. The molecule has 2 aromatic carbocycles. The Kier molecular flexibility index (Phi) is 5.94. The molecule has 1 aliphatic rings. The molecule has 2 aromatic rings. The van der Waals surface area contributed by atoms with Crippen molar-refractivity contribution in [3.05, 3.63) is 40.9 Å². The Hall–Kier alpha value is -2.93. The molecule has 1 N–H and O–H groups in total. The maximum atomic E-state index is 12.8. The fraction of sp³-hybridized carbons (Fsp3) is 0.300. The summed E-state index contributed by atoms with van der Waals surface area (Å²) in [7, 11) is 4.46. The smallest absolute Gasteiger partial charge is 0.259 e. The van der Waals surface area contributed by atoms with Crippen LogP contribution in [0.2, 0.25) is 5.02 Å². The number of carbonyl (C=O) groups excluding carboxylic acids is 2. The number of nitrogens with zero attached hydrogens (tertiary/aromatic N) is 1. The summed E-state index contributed by atoms with van der Waals surface area (Å²) in [6, 6.07) is 8.19. The van der Waals surface area contributed by atoms with Crippen LogP contribution in [-0.4, -0.2) is 39.7 Å². The van der Waals surface area contributed by atoms with Gasteiger partial charge in [-0.05, 0) is 24.6 Å². The Bertz CT molecular complexity index is 916. The number of amides is 2. The van der Waals surface area contributed by atoms with Crippen LogP contribution in [0.4, 0.5) is 11.4 Å². The van der Waals surface area contributed by atoms with Crippen molar-refractivity contribution < 1.29 is 23.8 Å². The van der Waals surface area contributed by atoms with Gasteiger partial charge in [-0.1, -0.05) is 11.6 Å². The summed E-state index contributed by atoms with van der Waals surface area (Å²) in [6.07, 6.45) is 1.33. The second-order valence-electron chi connectivity index (χ2n) is 6.18. The lowest BCUT2D eigenvalue weighted by Crippen LogP contribution is -2.24. The van der Waals surface area contributed by atoms with Gasteiger partial charge in [0, 0.05) is 30.8 Å². The highest BCUT2D eigenvalue weighted by atomic mass is 35.5. The van der Waals surface area contributed by atoms with E-state index in [1.807, 2.05) is 0 Å². The molecule has 1 aliphatic heterocycles. The number of hydrogen-bond donors (Lipinski definition) is 1. The lowest BCUT2D eigenvalue weighted by molar-refractivity contribution is -0.117. The standard InChI is InChI=1S/C20H21ClN2O5/c1-26-16-11-18(28-3)17(27-2)10-13(16)20(25)22-12-6-7-15(14(21)9-12)23-8-4-5-19(23)24/h6-7,9-11H,4-5,8H2,1-3H3,(H,22,25). The van der Waals surface area contributed by atoms with Crippen LogP contribution in [0.1, 0.15) is 23.2 Å². The van der Waals surface area contributed by atoms with Gasteiger partial charge in [0.05, 0.1) is 37.6 Å². The van der Waals surface area contributed by atoms with Gasteiger partial charge < -0.3 is 24.4 Å². The van der Waals surface area contributed by atoms with Crippen molar-refractivity contribution in [1.82, 2.24) is 0 Å². The first-order valence-corrected chi connectivity index (χ1v) is 9.07. The van der Waals surface area contributed by atoms with E-state index < -0.39 is 0 Å². The second-order valence-corrected chi connectivity index (χ2v) is 6.58. The molecular formula is C20H21ClN2O5. The van der Waals surface area contributed by atoms with Crippen molar-refractivity contribution in [3.8, 4) is 17.2 Å². The first-order valence-electron chi connectivity index (χ1n) is 8.69. The van der Waals surface area contributed by atoms with Crippen LogP contribution >= 0.6 is 11.6 Å². The molecule has 8 heteroatoms. The highest BCUT2D eigenvalue weighted by Gasteiger charge is 2.24. The zero-order valence-electron chi connectivity index (χ0n) is 15.9. The number of anilines is 2. The van der Waals surface area contributed by atoms with Gasteiger partial charge in [-0.25, -0.2) is 0 Å². The van der Waals surface area contributed by atoms with Crippen LogP contribution in [0.25, 0.3) is 0 Å². The summed E-state index contributed by atoms with van der Waals surface area (Å²) in [5.41, 5.74) is 1.43. The Morgan fingerprint density at radius 2 is 1.71 bits per heavy atom. The van der Waals surface area contributed by atoms with Crippen LogP contribution in [-0.2, 0) is 4.79 Å². The predicted octanol–water partition coefficient (Wildman–Crippen LogP) is 3.74. The molecule has 28 heavy (non-hydrogen) atoms. The molecule has 0 bridgehead atoms. The maximum Gasteiger partial charge on any atom is 0.259 e. The van der Waals surface area contributed by atoms with E-state index in [-0.39, 0.29) is 17.4 Å². The molecule has 1 heterocycles. The predicted molar refractivity (Wildman–Crippen MR) is 107 cm³/mol. The minimum atomic E-state index is -0.390. The third-order valence-corrected chi connectivity index (χ3v) is 4.82. The van der Waals surface area contributed by atoms with Gasteiger partial charge in [0.15, 0.2) is 11.5 Å². The zero-order chi connectivity index (χ0) is 20.3. The van der Waals surface area contributed by atoms with Crippen molar-refractivity contribution in [2.24, 2.45) is 0 Å². The zero-order valence-corrected chi connectivity index (χ0v) is 16.6. The molecule has 3 rings (SSSR count). The van der Waals surface area contributed by atoms with E-state index >= 15 is 0 Å². The molecule has 2 amide bonds. The summed E-state index contributed by atoms with van der Waals surface area (Å²) in [5, 5.41) is 3.18. The van der Waals surface area contributed by atoms with E-state index in [1.165, 1.54) is 21.3 Å². The van der Waals surface area contributed by atoms with Crippen LogP contribution < -0.4 is 24.4 Å². The van der Waals surface area contributed by atoms with Gasteiger partial charge in [0.2, 0.25) is 5.91 Å². The minimum absolute atomic E-state index is 0.0498. The molecule has 0 atom stereocenters. The summed E-state index contributed by atoms with van der Waals surface area (Å²) in [6.45, 7) is 0.646. The molecule has 1 fully saturated rings. The first kappa shape index (κ1) is 19.8. The maximum absolute atomic E-state index is 12.8. The van der Waals surface area contributed by atoms with Gasteiger partial charge in [-0.3, -0.25) is 9.59 Å². The van der Waals surface area contributed by atoms with Crippen LogP contribution in [0.5, 0.6) is 17.2 Å². The third kappa shape index (κ3) is 3.84. The first-order chi connectivity index (χ1) is 13.5. The third-order valence-electron chi connectivity index (χ3n) is 4.52. The molecule has 0 spiro atoms. The van der Waals surface area contributed by atoms with Gasteiger partial charge >= 0.3 is 0 Å². The monoisotopic (exact) mass is 404 g/mol. The van der Waals surface area contributed by atoms with E-state index in [2.05, 4.69) is 5.32 Å². The number of hydrogen-bond acceptors (Lipinski definition) is 5. The SMILES string of the molecule is COc1cc(OC)c(C(=O)Nc2ccc(N3CCCC3=O)c(Cl)c2)cc1OC.